The second-order valence-corrected chi connectivity index (χ2v) is 6.97. The van der Waals surface area contributed by atoms with Crippen molar-refractivity contribution in [3.8, 4) is 28.7 Å². The van der Waals surface area contributed by atoms with Gasteiger partial charge >= 0.3 is 0 Å². The van der Waals surface area contributed by atoms with Crippen LogP contribution in [0.5, 0.6) is 28.7 Å². The van der Waals surface area contributed by atoms with Crippen LogP contribution in [0.1, 0.15) is 6.42 Å². The van der Waals surface area contributed by atoms with Crippen LogP contribution in [-0.2, 0) is 0 Å². The van der Waals surface area contributed by atoms with Crippen LogP contribution < -0.4 is 29.0 Å². The topological polar surface area (TPSA) is 71.1 Å². The average molecular weight is 394 g/mol. The summed E-state index contributed by atoms with van der Waals surface area (Å²) in [7, 11) is 0. The van der Waals surface area contributed by atoms with Gasteiger partial charge in [0.25, 0.3) is 0 Å². The van der Waals surface area contributed by atoms with Gasteiger partial charge in [-0.25, -0.2) is 0 Å². The molecule has 0 spiro atoms. The summed E-state index contributed by atoms with van der Waals surface area (Å²) in [5.74, 6) is 3.63. The van der Waals surface area contributed by atoms with Crippen LogP contribution in [0.2, 0.25) is 0 Å². The molecule has 3 aromatic rings. The summed E-state index contributed by atoms with van der Waals surface area (Å²) in [5, 5.41) is 4.51. The van der Waals surface area contributed by atoms with Crippen molar-refractivity contribution in [1.82, 2.24) is 10.3 Å². The van der Waals surface area contributed by atoms with Crippen molar-refractivity contribution in [3.63, 3.8) is 0 Å². The minimum atomic E-state index is -0.0460. The van der Waals surface area contributed by atoms with Crippen molar-refractivity contribution in [3.05, 3.63) is 48.7 Å². The molecule has 0 bridgehead atoms. The zero-order valence-corrected chi connectivity index (χ0v) is 15.9. The van der Waals surface area contributed by atoms with Gasteiger partial charge in [0.05, 0.1) is 12.1 Å². The summed E-state index contributed by atoms with van der Waals surface area (Å²) >= 11 is 0. The van der Waals surface area contributed by atoms with Crippen LogP contribution in [-0.4, -0.2) is 44.2 Å². The lowest BCUT2D eigenvalue weighted by Crippen LogP contribution is -2.39. The zero-order chi connectivity index (χ0) is 19.5. The molecule has 0 fully saturated rings. The molecule has 2 aliphatic rings. The Hall–Kier alpha value is -3.19. The number of nitrogens with zero attached hydrogens (tertiary/aromatic N) is 1. The van der Waals surface area contributed by atoms with Crippen molar-refractivity contribution in [1.29, 1.82) is 0 Å². The molecule has 150 valence electrons. The highest BCUT2D eigenvalue weighted by Crippen LogP contribution is 2.43. The van der Waals surface area contributed by atoms with Crippen molar-refractivity contribution < 1.29 is 23.7 Å². The average Bonchev–Trinajstić information content (AvgIpc) is 3.21. The largest absolute Gasteiger partial charge is 0.493 e. The molecule has 3 heterocycles. The van der Waals surface area contributed by atoms with E-state index in [1.807, 2.05) is 42.5 Å². The van der Waals surface area contributed by atoms with Gasteiger partial charge in [-0.3, -0.25) is 4.98 Å². The van der Waals surface area contributed by atoms with E-state index in [-0.39, 0.29) is 12.9 Å². The lowest BCUT2D eigenvalue weighted by atomic mass is 10.2. The standard InChI is InChI=1S/C22H22N2O5/c1-3-15-4-5-16(9-18(15)24-7-1)25-8-2-6-23-12-17-13-26-21-10-19-20(28-14-27-19)11-22(21)29-17/h1,3-5,7,9-11,17,23H,2,6,8,12-14H2. The Kier molecular flexibility index (Phi) is 4.96. The summed E-state index contributed by atoms with van der Waals surface area (Å²) in [6.45, 7) is 2.91. The molecule has 29 heavy (non-hydrogen) atoms. The number of aromatic nitrogens is 1. The highest BCUT2D eigenvalue weighted by molar-refractivity contribution is 5.79. The van der Waals surface area contributed by atoms with Gasteiger partial charge < -0.3 is 29.0 Å². The van der Waals surface area contributed by atoms with E-state index in [2.05, 4.69) is 10.3 Å². The smallest absolute Gasteiger partial charge is 0.231 e. The summed E-state index contributed by atoms with van der Waals surface area (Å²) in [6.07, 6.45) is 2.64. The van der Waals surface area contributed by atoms with E-state index in [9.17, 15) is 0 Å². The summed E-state index contributed by atoms with van der Waals surface area (Å²) in [4.78, 5) is 4.35. The van der Waals surface area contributed by atoms with Crippen molar-refractivity contribution in [2.45, 2.75) is 12.5 Å². The predicted octanol–water partition coefficient (Wildman–Crippen LogP) is 3.16. The fraction of sp³-hybridized carbons (Fsp3) is 0.318. The third-order valence-electron chi connectivity index (χ3n) is 4.87. The van der Waals surface area contributed by atoms with Gasteiger partial charge in [0, 0.05) is 36.3 Å². The van der Waals surface area contributed by atoms with Gasteiger partial charge in [0.2, 0.25) is 6.79 Å². The van der Waals surface area contributed by atoms with Gasteiger partial charge in [-0.05, 0) is 31.2 Å². The quantitative estimate of drug-likeness (QED) is 0.617. The first-order chi connectivity index (χ1) is 14.3. The van der Waals surface area contributed by atoms with Gasteiger partial charge in [-0.1, -0.05) is 6.07 Å². The van der Waals surface area contributed by atoms with Crippen molar-refractivity contribution in [2.24, 2.45) is 0 Å². The minimum absolute atomic E-state index is 0.0460. The van der Waals surface area contributed by atoms with E-state index in [0.29, 0.717) is 42.8 Å². The summed E-state index contributed by atoms with van der Waals surface area (Å²) in [6, 6.07) is 13.6. The fourth-order valence-corrected chi connectivity index (χ4v) is 3.39. The van der Waals surface area contributed by atoms with Gasteiger partial charge in [0.1, 0.15) is 18.5 Å². The Balaban J connectivity index is 1.04. The molecule has 0 radical (unpaired) electrons. The van der Waals surface area contributed by atoms with E-state index in [0.717, 1.165) is 29.6 Å². The molecule has 1 aromatic heterocycles. The number of ether oxygens (including phenoxy) is 5. The molecule has 5 rings (SSSR count). The van der Waals surface area contributed by atoms with E-state index in [1.54, 1.807) is 6.20 Å². The molecule has 7 heteroatoms. The van der Waals surface area contributed by atoms with E-state index in [1.165, 1.54) is 0 Å². The van der Waals surface area contributed by atoms with Crippen molar-refractivity contribution >= 4 is 10.9 Å². The Morgan fingerprint density at radius 3 is 2.79 bits per heavy atom. The molecule has 1 unspecified atom stereocenters. The molecule has 0 saturated heterocycles. The van der Waals surface area contributed by atoms with Crippen LogP contribution in [0.4, 0.5) is 0 Å². The third-order valence-corrected chi connectivity index (χ3v) is 4.87. The number of rotatable bonds is 7. The molecule has 1 atom stereocenters. The maximum absolute atomic E-state index is 6.01. The van der Waals surface area contributed by atoms with Crippen molar-refractivity contribution in [2.75, 3.05) is 33.1 Å². The number of hydrogen-bond donors (Lipinski definition) is 1. The summed E-state index contributed by atoms with van der Waals surface area (Å²) < 4.78 is 28.4. The number of nitrogens with one attached hydrogen (secondary N) is 1. The first-order valence-electron chi connectivity index (χ1n) is 9.76. The molecule has 2 aromatic carbocycles. The van der Waals surface area contributed by atoms with Crippen LogP contribution >= 0.6 is 0 Å². The Labute approximate surface area is 168 Å². The first-order valence-corrected chi connectivity index (χ1v) is 9.76. The second-order valence-electron chi connectivity index (χ2n) is 6.97. The lowest BCUT2D eigenvalue weighted by Gasteiger charge is -2.27. The van der Waals surface area contributed by atoms with Crippen LogP contribution in [0.3, 0.4) is 0 Å². The van der Waals surface area contributed by atoms with E-state index >= 15 is 0 Å². The SMILES string of the molecule is c1cnc2cc(OCCCNCC3COc4cc5c(cc4O3)OCO5)ccc2c1. The van der Waals surface area contributed by atoms with Gasteiger partial charge in [0.15, 0.2) is 23.0 Å². The minimum Gasteiger partial charge on any atom is -0.493 e. The third kappa shape index (κ3) is 4.00. The molecule has 0 saturated carbocycles. The van der Waals surface area contributed by atoms with E-state index in [4.69, 9.17) is 23.7 Å². The van der Waals surface area contributed by atoms with Crippen LogP contribution in [0.15, 0.2) is 48.7 Å². The Morgan fingerprint density at radius 1 is 1.00 bits per heavy atom. The number of pyridine rings is 1. The van der Waals surface area contributed by atoms with Crippen LogP contribution in [0, 0.1) is 0 Å². The monoisotopic (exact) mass is 394 g/mol. The highest BCUT2D eigenvalue weighted by atomic mass is 16.7. The highest BCUT2D eigenvalue weighted by Gasteiger charge is 2.25. The van der Waals surface area contributed by atoms with Crippen LogP contribution in [0.25, 0.3) is 10.9 Å². The summed E-state index contributed by atoms with van der Waals surface area (Å²) in [5.41, 5.74) is 0.945. The molecular formula is C22H22N2O5. The molecule has 7 nitrogen and oxygen atoms in total. The van der Waals surface area contributed by atoms with Gasteiger partial charge in [-0.2, -0.15) is 0 Å². The molecular weight excluding hydrogens is 372 g/mol. The Morgan fingerprint density at radius 2 is 1.86 bits per heavy atom. The maximum Gasteiger partial charge on any atom is 0.231 e. The maximum atomic E-state index is 6.01. The predicted molar refractivity (Wildman–Crippen MR) is 107 cm³/mol. The molecule has 2 aliphatic heterocycles. The Bertz CT molecular complexity index is 1010. The van der Waals surface area contributed by atoms with Gasteiger partial charge in [-0.15, -0.1) is 0 Å². The number of hydrogen-bond acceptors (Lipinski definition) is 7. The first kappa shape index (κ1) is 17.9. The van der Waals surface area contributed by atoms with E-state index < -0.39 is 0 Å². The zero-order valence-electron chi connectivity index (χ0n) is 15.9. The second kappa shape index (κ2) is 8.05. The molecule has 0 aliphatic carbocycles. The number of fused-ring (bicyclic) bond motifs is 3. The normalized spacial score (nSPS) is 16.8. The lowest BCUT2D eigenvalue weighted by molar-refractivity contribution is 0.0899. The fourth-order valence-electron chi connectivity index (χ4n) is 3.39. The number of benzene rings is 2. The molecule has 0 amide bonds. The molecule has 1 N–H and O–H groups in total.